The molecule has 1 aliphatic rings. The third-order valence-electron chi connectivity index (χ3n) is 4.89. The molecule has 1 fully saturated rings. The van der Waals surface area contributed by atoms with E-state index < -0.39 is 0 Å². The smallest absolute Gasteiger partial charge is 0.187 e. The fourth-order valence-electron chi connectivity index (χ4n) is 3.43. The van der Waals surface area contributed by atoms with E-state index in [-0.39, 0.29) is 5.78 Å². The van der Waals surface area contributed by atoms with Crippen molar-refractivity contribution in [3.8, 4) is 0 Å². The molecular weight excluding hydrogens is 334 g/mol. The molecule has 4 heteroatoms. The Kier molecular flexibility index (Phi) is 6.43. The van der Waals surface area contributed by atoms with Crippen LogP contribution >= 0.6 is 0 Å². The van der Waals surface area contributed by atoms with Crippen LogP contribution in [0.5, 0.6) is 0 Å². The summed E-state index contributed by atoms with van der Waals surface area (Å²) in [6.45, 7) is 4.85. The summed E-state index contributed by atoms with van der Waals surface area (Å²) in [6.07, 6.45) is 3.62. The van der Waals surface area contributed by atoms with Gasteiger partial charge in [0.1, 0.15) is 0 Å². The summed E-state index contributed by atoms with van der Waals surface area (Å²) in [7, 11) is 6.25. The highest BCUT2D eigenvalue weighted by Gasteiger charge is 2.18. The molecule has 142 valence electrons. The van der Waals surface area contributed by atoms with E-state index in [1.165, 1.54) is 5.56 Å². The topological polar surface area (TPSA) is 26.8 Å². The molecule has 27 heavy (non-hydrogen) atoms. The Labute approximate surface area is 162 Å². The van der Waals surface area contributed by atoms with Crippen LogP contribution in [0.15, 0.2) is 54.6 Å². The van der Waals surface area contributed by atoms with Crippen LogP contribution in [-0.2, 0) is 6.54 Å². The number of rotatable bonds is 6. The van der Waals surface area contributed by atoms with E-state index in [4.69, 9.17) is 0 Å². The molecule has 0 unspecified atom stereocenters. The maximum absolute atomic E-state index is 12.9. The monoisotopic (exact) mass is 363 g/mol. The van der Waals surface area contributed by atoms with Gasteiger partial charge in [0.25, 0.3) is 0 Å². The van der Waals surface area contributed by atoms with E-state index in [0.29, 0.717) is 0 Å². The van der Waals surface area contributed by atoms with Crippen molar-refractivity contribution in [2.45, 2.75) is 6.54 Å². The number of piperazine rings is 1. The Morgan fingerprint density at radius 1 is 1.04 bits per heavy atom. The van der Waals surface area contributed by atoms with E-state index in [1.807, 2.05) is 36.4 Å². The molecule has 0 N–H and O–H groups in total. The Hall–Kier alpha value is -2.43. The largest absolute Gasteiger partial charge is 0.368 e. The number of carbonyl (C=O) groups excluding carboxylic acids is 1. The molecule has 1 heterocycles. The fourth-order valence-corrected chi connectivity index (χ4v) is 3.43. The third-order valence-corrected chi connectivity index (χ3v) is 4.89. The van der Waals surface area contributed by atoms with Gasteiger partial charge in [0.15, 0.2) is 5.78 Å². The van der Waals surface area contributed by atoms with Crippen molar-refractivity contribution >= 4 is 17.5 Å². The average Bonchev–Trinajstić information content (AvgIpc) is 2.66. The first kappa shape index (κ1) is 19.3. The molecule has 1 saturated heterocycles. The van der Waals surface area contributed by atoms with Crippen LogP contribution in [0.4, 0.5) is 5.69 Å². The van der Waals surface area contributed by atoms with Gasteiger partial charge in [-0.1, -0.05) is 42.5 Å². The lowest BCUT2D eigenvalue weighted by Gasteiger charge is -2.34. The van der Waals surface area contributed by atoms with Crippen molar-refractivity contribution < 1.29 is 4.79 Å². The van der Waals surface area contributed by atoms with Gasteiger partial charge in [-0.15, -0.1) is 0 Å². The number of anilines is 1. The van der Waals surface area contributed by atoms with E-state index >= 15 is 0 Å². The standard InChI is InChI=1S/C23H29N3O/c1-24(2)18-20-8-6-7-19(17-20)11-12-23(27)21-9-4-5-10-22(21)26-15-13-25(3)14-16-26/h4-12,17H,13-16,18H2,1-3H3. The zero-order chi connectivity index (χ0) is 19.2. The molecule has 1 aliphatic heterocycles. The lowest BCUT2D eigenvalue weighted by molar-refractivity contribution is 0.104. The van der Waals surface area contributed by atoms with Gasteiger partial charge < -0.3 is 14.7 Å². The van der Waals surface area contributed by atoms with Gasteiger partial charge in [0.2, 0.25) is 0 Å². The second kappa shape index (κ2) is 8.98. The van der Waals surface area contributed by atoms with Gasteiger partial charge in [0.05, 0.1) is 0 Å². The maximum Gasteiger partial charge on any atom is 0.187 e. The minimum absolute atomic E-state index is 0.0579. The summed E-state index contributed by atoms with van der Waals surface area (Å²) in [6, 6.07) is 16.3. The first-order valence-electron chi connectivity index (χ1n) is 9.51. The molecule has 0 aliphatic carbocycles. The lowest BCUT2D eigenvalue weighted by Crippen LogP contribution is -2.44. The van der Waals surface area contributed by atoms with E-state index in [0.717, 1.165) is 49.5 Å². The number of carbonyl (C=O) groups is 1. The van der Waals surface area contributed by atoms with Gasteiger partial charge in [-0.25, -0.2) is 0 Å². The van der Waals surface area contributed by atoms with E-state index in [2.05, 4.69) is 54.0 Å². The minimum Gasteiger partial charge on any atom is -0.368 e. The zero-order valence-electron chi connectivity index (χ0n) is 16.6. The normalized spacial score (nSPS) is 15.6. The first-order valence-corrected chi connectivity index (χ1v) is 9.51. The predicted molar refractivity (Wildman–Crippen MR) is 113 cm³/mol. The molecule has 0 atom stereocenters. The Morgan fingerprint density at radius 2 is 1.78 bits per heavy atom. The molecule has 4 nitrogen and oxygen atoms in total. The number of allylic oxidation sites excluding steroid dienone is 1. The fraction of sp³-hybridized carbons (Fsp3) is 0.348. The number of para-hydroxylation sites is 1. The van der Waals surface area contributed by atoms with Crippen molar-refractivity contribution in [1.29, 1.82) is 0 Å². The molecule has 2 aromatic rings. The first-order chi connectivity index (χ1) is 13.0. The molecule has 0 bridgehead atoms. The van der Waals surface area contributed by atoms with Crippen LogP contribution in [-0.4, -0.2) is 62.9 Å². The second-order valence-electron chi connectivity index (χ2n) is 7.49. The highest BCUT2D eigenvalue weighted by atomic mass is 16.1. The van der Waals surface area contributed by atoms with Crippen molar-refractivity contribution in [3.63, 3.8) is 0 Å². The van der Waals surface area contributed by atoms with Crippen LogP contribution in [0, 0.1) is 0 Å². The molecule has 2 aromatic carbocycles. The summed E-state index contributed by atoms with van der Waals surface area (Å²) in [4.78, 5) is 19.7. The highest BCUT2D eigenvalue weighted by Crippen LogP contribution is 2.23. The quantitative estimate of drug-likeness (QED) is 0.581. The van der Waals surface area contributed by atoms with Crippen LogP contribution < -0.4 is 4.90 Å². The van der Waals surface area contributed by atoms with Gasteiger partial charge in [-0.05, 0) is 50.5 Å². The van der Waals surface area contributed by atoms with Gasteiger partial charge >= 0.3 is 0 Å². The van der Waals surface area contributed by atoms with Crippen molar-refractivity contribution in [2.75, 3.05) is 52.2 Å². The average molecular weight is 364 g/mol. The molecule has 0 radical (unpaired) electrons. The Balaban J connectivity index is 1.76. The number of hydrogen-bond donors (Lipinski definition) is 0. The predicted octanol–water partition coefficient (Wildman–Crippen LogP) is 3.40. The van der Waals surface area contributed by atoms with Gasteiger partial charge in [-0.3, -0.25) is 4.79 Å². The molecule has 0 spiro atoms. The molecule has 0 saturated carbocycles. The number of hydrogen-bond acceptors (Lipinski definition) is 4. The summed E-state index contributed by atoms with van der Waals surface area (Å²) >= 11 is 0. The number of likely N-dealkylation sites (N-methyl/N-ethyl adjacent to an activating group) is 1. The van der Waals surface area contributed by atoms with E-state index in [1.54, 1.807) is 6.08 Å². The maximum atomic E-state index is 12.9. The third kappa shape index (κ3) is 5.28. The van der Waals surface area contributed by atoms with Crippen molar-refractivity contribution in [3.05, 3.63) is 71.3 Å². The van der Waals surface area contributed by atoms with Crippen LogP contribution in [0.2, 0.25) is 0 Å². The summed E-state index contributed by atoms with van der Waals surface area (Å²) in [5.41, 5.74) is 4.12. The summed E-state index contributed by atoms with van der Waals surface area (Å²) in [5, 5.41) is 0. The van der Waals surface area contributed by atoms with Gasteiger partial charge in [0, 0.05) is 44.0 Å². The summed E-state index contributed by atoms with van der Waals surface area (Å²) < 4.78 is 0. The molecular formula is C23H29N3O. The van der Waals surface area contributed by atoms with Crippen LogP contribution in [0.1, 0.15) is 21.5 Å². The van der Waals surface area contributed by atoms with Crippen LogP contribution in [0.3, 0.4) is 0 Å². The highest BCUT2D eigenvalue weighted by molar-refractivity contribution is 6.10. The number of ketones is 1. The number of benzene rings is 2. The molecule has 3 rings (SSSR count). The lowest BCUT2D eigenvalue weighted by atomic mass is 10.0. The van der Waals surface area contributed by atoms with E-state index in [9.17, 15) is 4.79 Å². The van der Waals surface area contributed by atoms with Crippen molar-refractivity contribution in [2.24, 2.45) is 0 Å². The number of nitrogens with zero attached hydrogens (tertiary/aromatic N) is 3. The zero-order valence-corrected chi connectivity index (χ0v) is 16.6. The SMILES string of the molecule is CN(C)Cc1cccc(C=CC(=O)c2ccccc2N2CCN(C)CC2)c1. The van der Waals surface area contributed by atoms with Crippen LogP contribution in [0.25, 0.3) is 6.08 Å². The summed E-state index contributed by atoms with van der Waals surface area (Å²) in [5.74, 6) is 0.0579. The van der Waals surface area contributed by atoms with Crippen molar-refractivity contribution in [1.82, 2.24) is 9.80 Å². The molecule has 0 amide bonds. The Bertz CT molecular complexity index is 805. The van der Waals surface area contributed by atoms with Gasteiger partial charge in [-0.2, -0.15) is 0 Å². The minimum atomic E-state index is 0.0579. The second-order valence-corrected chi connectivity index (χ2v) is 7.49. The molecule has 0 aromatic heterocycles. The Morgan fingerprint density at radius 3 is 2.52 bits per heavy atom.